The average Bonchev–Trinajstić information content (AvgIpc) is 2.37. The molecule has 1 aliphatic rings. The van der Waals surface area contributed by atoms with Crippen LogP contribution in [-0.2, 0) is 0 Å². The van der Waals surface area contributed by atoms with Crippen LogP contribution < -0.4 is 10.2 Å². The zero-order valence-corrected chi connectivity index (χ0v) is 11.9. The summed E-state index contributed by atoms with van der Waals surface area (Å²) in [6.07, 6.45) is 2.63. The molecule has 0 spiro atoms. The largest absolute Gasteiger partial charge is 0.370 e. The van der Waals surface area contributed by atoms with E-state index >= 15 is 0 Å². The van der Waals surface area contributed by atoms with E-state index in [4.69, 9.17) is 0 Å². The van der Waals surface area contributed by atoms with Gasteiger partial charge < -0.3 is 10.2 Å². The predicted molar refractivity (Wildman–Crippen MR) is 79.3 cm³/mol. The van der Waals surface area contributed by atoms with E-state index < -0.39 is 0 Å². The van der Waals surface area contributed by atoms with Gasteiger partial charge in [-0.15, -0.1) is 0 Å². The Morgan fingerprint density at radius 3 is 2.61 bits per heavy atom. The molecule has 1 saturated heterocycles. The molecular weight excluding hydrogens is 220 g/mol. The third-order valence-corrected chi connectivity index (χ3v) is 3.98. The summed E-state index contributed by atoms with van der Waals surface area (Å²) in [5.41, 5.74) is 2.68. The molecule has 2 rings (SSSR count). The number of hydrogen-bond donors (Lipinski definition) is 1. The van der Waals surface area contributed by atoms with Crippen molar-refractivity contribution >= 4 is 5.69 Å². The molecule has 18 heavy (non-hydrogen) atoms. The summed E-state index contributed by atoms with van der Waals surface area (Å²) in [5.74, 6) is 0.868. The molecule has 1 N–H and O–H groups in total. The Kier molecular flexibility index (Phi) is 4.65. The van der Waals surface area contributed by atoms with Gasteiger partial charge in [-0.1, -0.05) is 24.6 Å². The maximum Gasteiger partial charge on any atom is 0.0366 e. The fraction of sp³-hybridized carbons (Fsp3) is 0.625. The van der Waals surface area contributed by atoms with Crippen LogP contribution in [0.25, 0.3) is 0 Å². The second-order valence-corrected chi connectivity index (χ2v) is 5.65. The Balaban J connectivity index is 1.98. The SMILES string of the molecule is CCN(CC1CC(C)CCN1)c1ccc(C)cc1. The standard InChI is InChI=1S/C16H26N2/c1-4-18(16-7-5-13(2)6-8-16)12-15-11-14(3)9-10-17-15/h5-8,14-15,17H,4,9-12H2,1-3H3. The number of benzene rings is 1. The van der Waals surface area contributed by atoms with Crippen LogP contribution in [0, 0.1) is 12.8 Å². The van der Waals surface area contributed by atoms with E-state index in [1.807, 2.05) is 0 Å². The van der Waals surface area contributed by atoms with Gasteiger partial charge in [0.05, 0.1) is 0 Å². The summed E-state index contributed by atoms with van der Waals surface area (Å²) in [7, 11) is 0. The van der Waals surface area contributed by atoms with Crippen molar-refractivity contribution in [2.75, 3.05) is 24.5 Å². The third kappa shape index (κ3) is 3.49. The van der Waals surface area contributed by atoms with Crippen LogP contribution >= 0.6 is 0 Å². The molecule has 1 aliphatic heterocycles. The lowest BCUT2D eigenvalue weighted by molar-refractivity contribution is 0.321. The minimum atomic E-state index is 0.648. The van der Waals surface area contributed by atoms with Crippen molar-refractivity contribution in [3.8, 4) is 0 Å². The first-order chi connectivity index (χ1) is 8.69. The number of anilines is 1. The van der Waals surface area contributed by atoms with Gasteiger partial charge in [-0.3, -0.25) is 0 Å². The minimum absolute atomic E-state index is 0.648. The van der Waals surface area contributed by atoms with Crippen molar-refractivity contribution in [1.29, 1.82) is 0 Å². The zero-order valence-electron chi connectivity index (χ0n) is 11.9. The molecule has 2 unspecified atom stereocenters. The molecule has 0 bridgehead atoms. The molecule has 1 aromatic carbocycles. The van der Waals surface area contributed by atoms with Crippen molar-refractivity contribution in [2.45, 2.75) is 39.7 Å². The van der Waals surface area contributed by atoms with Gasteiger partial charge in [0.1, 0.15) is 0 Å². The molecule has 100 valence electrons. The molecule has 2 atom stereocenters. The van der Waals surface area contributed by atoms with E-state index in [9.17, 15) is 0 Å². The van der Waals surface area contributed by atoms with Crippen LogP contribution in [0.2, 0.25) is 0 Å². The monoisotopic (exact) mass is 246 g/mol. The van der Waals surface area contributed by atoms with Gasteiger partial charge in [-0.25, -0.2) is 0 Å². The summed E-state index contributed by atoms with van der Waals surface area (Å²) in [6, 6.07) is 9.54. The summed E-state index contributed by atoms with van der Waals surface area (Å²) < 4.78 is 0. The van der Waals surface area contributed by atoms with Gasteiger partial charge in [0.2, 0.25) is 0 Å². The Morgan fingerprint density at radius 2 is 2.00 bits per heavy atom. The van der Waals surface area contributed by atoms with Crippen LogP contribution in [0.3, 0.4) is 0 Å². The lowest BCUT2D eigenvalue weighted by atomic mass is 9.94. The highest BCUT2D eigenvalue weighted by Gasteiger charge is 2.20. The van der Waals surface area contributed by atoms with E-state index in [-0.39, 0.29) is 0 Å². The first kappa shape index (κ1) is 13.4. The van der Waals surface area contributed by atoms with Crippen LogP contribution in [0.1, 0.15) is 32.3 Å². The van der Waals surface area contributed by atoms with Crippen molar-refractivity contribution in [1.82, 2.24) is 5.32 Å². The predicted octanol–water partition coefficient (Wildman–Crippen LogP) is 3.21. The smallest absolute Gasteiger partial charge is 0.0366 e. The fourth-order valence-corrected chi connectivity index (χ4v) is 2.80. The zero-order chi connectivity index (χ0) is 13.0. The maximum atomic E-state index is 3.65. The highest BCUT2D eigenvalue weighted by molar-refractivity contribution is 5.47. The van der Waals surface area contributed by atoms with Gasteiger partial charge in [0.25, 0.3) is 0 Å². The van der Waals surface area contributed by atoms with Gasteiger partial charge in [-0.05, 0) is 51.3 Å². The van der Waals surface area contributed by atoms with Crippen molar-refractivity contribution < 1.29 is 0 Å². The van der Waals surface area contributed by atoms with Gasteiger partial charge in [0.15, 0.2) is 0 Å². The van der Waals surface area contributed by atoms with Crippen molar-refractivity contribution in [3.05, 3.63) is 29.8 Å². The second kappa shape index (κ2) is 6.24. The highest BCUT2D eigenvalue weighted by Crippen LogP contribution is 2.19. The number of nitrogens with one attached hydrogen (secondary N) is 1. The molecule has 0 aromatic heterocycles. The minimum Gasteiger partial charge on any atom is -0.370 e. The van der Waals surface area contributed by atoms with Crippen LogP contribution in [0.15, 0.2) is 24.3 Å². The maximum absolute atomic E-state index is 3.65. The summed E-state index contributed by atoms with van der Waals surface area (Å²) in [6.45, 7) is 10.1. The molecule has 0 aliphatic carbocycles. The molecule has 1 fully saturated rings. The highest BCUT2D eigenvalue weighted by atomic mass is 15.2. The Morgan fingerprint density at radius 1 is 1.28 bits per heavy atom. The fourth-order valence-electron chi connectivity index (χ4n) is 2.80. The second-order valence-electron chi connectivity index (χ2n) is 5.65. The Hall–Kier alpha value is -1.02. The number of hydrogen-bond acceptors (Lipinski definition) is 2. The normalized spacial score (nSPS) is 23.9. The Bertz CT molecular complexity index is 358. The van der Waals surface area contributed by atoms with E-state index in [1.54, 1.807) is 0 Å². The number of likely N-dealkylation sites (N-methyl/N-ethyl adjacent to an activating group) is 1. The molecule has 1 heterocycles. The summed E-state index contributed by atoms with van der Waals surface area (Å²) in [5, 5.41) is 3.65. The Labute approximate surface area is 111 Å². The number of aryl methyl sites for hydroxylation is 1. The van der Waals surface area contributed by atoms with Crippen LogP contribution in [0.5, 0.6) is 0 Å². The molecule has 2 heteroatoms. The summed E-state index contributed by atoms with van der Waals surface area (Å²) in [4.78, 5) is 2.48. The third-order valence-electron chi connectivity index (χ3n) is 3.98. The molecule has 0 saturated carbocycles. The molecular formula is C16H26N2. The number of nitrogens with zero attached hydrogens (tertiary/aromatic N) is 1. The summed E-state index contributed by atoms with van der Waals surface area (Å²) >= 11 is 0. The first-order valence-electron chi connectivity index (χ1n) is 7.24. The quantitative estimate of drug-likeness (QED) is 0.877. The first-order valence-corrected chi connectivity index (χ1v) is 7.24. The number of rotatable bonds is 4. The average molecular weight is 246 g/mol. The molecule has 2 nitrogen and oxygen atoms in total. The lowest BCUT2D eigenvalue weighted by Gasteiger charge is -2.33. The van der Waals surface area contributed by atoms with Crippen molar-refractivity contribution in [2.24, 2.45) is 5.92 Å². The van der Waals surface area contributed by atoms with Crippen LogP contribution in [0.4, 0.5) is 5.69 Å². The molecule has 1 aromatic rings. The van der Waals surface area contributed by atoms with Gasteiger partial charge >= 0.3 is 0 Å². The van der Waals surface area contributed by atoms with E-state index in [0.29, 0.717) is 6.04 Å². The van der Waals surface area contributed by atoms with E-state index in [0.717, 1.165) is 19.0 Å². The van der Waals surface area contributed by atoms with E-state index in [1.165, 1.54) is 30.6 Å². The number of piperidine rings is 1. The molecule has 0 amide bonds. The topological polar surface area (TPSA) is 15.3 Å². The van der Waals surface area contributed by atoms with E-state index in [2.05, 4.69) is 55.3 Å². The molecule has 0 radical (unpaired) electrons. The van der Waals surface area contributed by atoms with Gasteiger partial charge in [0, 0.05) is 24.8 Å². The van der Waals surface area contributed by atoms with Crippen molar-refractivity contribution in [3.63, 3.8) is 0 Å². The van der Waals surface area contributed by atoms with Gasteiger partial charge in [-0.2, -0.15) is 0 Å². The van der Waals surface area contributed by atoms with Crippen LogP contribution in [-0.4, -0.2) is 25.7 Å². The lowest BCUT2D eigenvalue weighted by Crippen LogP contribution is -2.45.